The predicted octanol–water partition coefficient (Wildman–Crippen LogP) is 3.91. The number of benzene rings is 1. The Morgan fingerprint density at radius 3 is 2.50 bits per heavy atom. The summed E-state index contributed by atoms with van der Waals surface area (Å²) in [4.78, 5) is 7.08. The van der Waals surface area contributed by atoms with Gasteiger partial charge in [0.15, 0.2) is 5.96 Å². The average Bonchev–Trinajstić information content (AvgIpc) is 3.50. The number of nitrogens with one attached hydrogen (secondary N) is 2. The third kappa shape index (κ3) is 4.24. The van der Waals surface area contributed by atoms with Crippen molar-refractivity contribution in [3.05, 3.63) is 35.4 Å². The maximum atomic E-state index is 6.12. The van der Waals surface area contributed by atoms with Crippen molar-refractivity contribution in [2.75, 3.05) is 26.7 Å². The van der Waals surface area contributed by atoms with E-state index in [-0.39, 0.29) is 24.0 Å². The number of guanidine groups is 1. The zero-order valence-corrected chi connectivity index (χ0v) is 20.6. The van der Waals surface area contributed by atoms with Gasteiger partial charge in [-0.25, -0.2) is 0 Å². The molecule has 2 N–H and O–H groups in total. The average molecular weight is 524 g/mol. The highest BCUT2D eigenvalue weighted by atomic mass is 127. The highest BCUT2D eigenvalue weighted by Crippen LogP contribution is 2.60. The second-order valence-corrected chi connectivity index (χ2v) is 9.53. The molecule has 0 bridgehead atoms. The molecule has 3 unspecified atom stereocenters. The van der Waals surface area contributed by atoms with Crippen LogP contribution in [0.25, 0.3) is 0 Å². The standard InChI is InChI=1S/C24H36N4O.HI/c1-25-23(27-21-20-10-15-29-22(20)24(21)11-2-3-12-24)26-16-18-6-8-19(9-7-18)17-28-13-4-5-14-28;/h6-9,20-22H,2-5,10-17H2,1H3,(H2,25,26,27);1H. The summed E-state index contributed by atoms with van der Waals surface area (Å²) < 4.78 is 6.12. The molecule has 2 aliphatic heterocycles. The summed E-state index contributed by atoms with van der Waals surface area (Å²) in [6.45, 7) is 5.34. The summed E-state index contributed by atoms with van der Waals surface area (Å²) in [5.74, 6) is 1.60. The van der Waals surface area contributed by atoms with Crippen LogP contribution in [0.3, 0.4) is 0 Å². The molecule has 1 aromatic rings. The van der Waals surface area contributed by atoms with Crippen LogP contribution in [0.1, 0.15) is 56.1 Å². The van der Waals surface area contributed by atoms with Crippen molar-refractivity contribution in [2.45, 2.75) is 70.2 Å². The van der Waals surface area contributed by atoms with Gasteiger partial charge >= 0.3 is 0 Å². The van der Waals surface area contributed by atoms with Gasteiger partial charge in [-0.2, -0.15) is 0 Å². The number of likely N-dealkylation sites (tertiary alicyclic amines) is 1. The summed E-state index contributed by atoms with van der Waals surface area (Å²) in [6, 6.07) is 9.60. The Bertz CT molecular complexity index is 725. The molecule has 5 rings (SSSR count). The molecule has 4 fully saturated rings. The van der Waals surface area contributed by atoms with Crippen molar-refractivity contribution in [2.24, 2.45) is 16.3 Å². The normalized spacial score (nSPS) is 30.0. The van der Waals surface area contributed by atoms with Crippen molar-refractivity contribution in [1.82, 2.24) is 15.5 Å². The van der Waals surface area contributed by atoms with E-state index in [2.05, 4.69) is 44.8 Å². The van der Waals surface area contributed by atoms with Gasteiger partial charge in [-0.15, -0.1) is 24.0 Å². The van der Waals surface area contributed by atoms with Crippen molar-refractivity contribution < 1.29 is 4.74 Å². The highest BCUT2D eigenvalue weighted by molar-refractivity contribution is 14.0. The smallest absolute Gasteiger partial charge is 0.191 e. The van der Waals surface area contributed by atoms with E-state index in [1.165, 1.54) is 69.2 Å². The van der Waals surface area contributed by atoms with Gasteiger partial charge in [0.25, 0.3) is 0 Å². The molecule has 1 spiro atoms. The molecule has 1 aromatic carbocycles. The van der Waals surface area contributed by atoms with Crippen LogP contribution >= 0.6 is 24.0 Å². The first-order chi connectivity index (χ1) is 14.3. The third-order valence-corrected chi connectivity index (χ3v) is 7.89. The fourth-order valence-corrected chi connectivity index (χ4v) is 6.39. The third-order valence-electron chi connectivity index (χ3n) is 7.89. The molecule has 4 aliphatic rings. The summed E-state index contributed by atoms with van der Waals surface area (Å²) in [7, 11) is 1.89. The first kappa shape index (κ1) is 22.3. The van der Waals surface area contributed by atoms with Gasteiger partial charge in [0, 0.05) is 44.1 Å². The Morgan fingerprint density at radius 2 is 1.80 bits per heavy atom. The lowest BCUT2D eigenvalue weighted by Crippen LogP contribution is -2.69. The monoisotopic (exact) mass is 524 g/mol. The van der Waals surface area contributed by atoms with E-state index in [1.807, 2.05) is 7.05 Å². The minimum absolute atomic E-state index is 0. The number of fused-ring (bicyclic) bond motifs is 2. The number of ether oxygens (including phenoxy) is 1. The van der Waals surface area contributed by atoms with E-state index < -0.39 is 0 Å². The topological polar surface area (TPSA) is 48.9 Å². The van der Waals surface area contributed by atoms with Crippen LogP contribution in [-0.2, 0) is 17.8 Å². The molecule has 3 atom stereocenters. The molecular weight excluding hydrogens is 487 g/mol. The fraction of sp³-hybridized carbons (Fsp3) is 0.708. The van der Waals surface area contributed by atoms with Crippen LogP contribution in [0.4, 0.5) is 0 Å². The second kappa shape index (κ2) is 9.74. The first-order valence-electron chi connectivity index (χ1n) is 11.7. The van der Waals surface area contributed by atoms with Crippen LogP contribution in [0.2, 0.25) is 0 Å². The minimum Gasteiger partial charge on any atom is -0.377 e. The summed E-state index contributed by atoms with van der Waals surface area (Å²) >= 11 is 0. The van der Waals surface area contributed by atoms with Crippen LogP contribution < -0.4 is 10.6 Å². The molecule has 166 valence electrons. The van der Waals surface area contributed by atoms with Gasteiger partial charge in [-0.05, 0) is 56.3 Å². The minimum atomic E-state index is 0. The quantitative estimate of drug-likeness (QED) is 0.349. The Morgan fingerprint density at radius 1 is 1.10 bits per heavy atom. The van der Waals surface area contributed by atoms with E-state index in [0.717, 1.165) is 25.7 Å². The highest BCUT2D eigenvalue weighted by Gasteiger charge is 2.65. The Hall–Kier alpha value is -0.860. The van der Waals surface area contributed by atoms with Gasteiger partial charge in [0.05, 0.1) is 6.10 Å². The number of halogens is 1. The molecule has 0 amide bonds. The molecule has 0 aromatic heterocycles. The van der Waals surface area contributed by atoms with Crippen molar-refractivity contribution in [3.63, 3.8) is 0 Å². The Kier molecular flexibility index (Phi) is 7.25. The van der Waals surface area contributed by atoms with Crippen LogP contribution in [0.15, 0.2) is 29.3 Å². The van der Waals surface area contributed by atoms with Gasteiger partial charge in [0.2, 0.25) is 0 Å². The molecular formula is C24H37IN4O. The van der Waals surface area contributed by atoms with E-state index in [1.54, 1.807) is 0 Å². The Labute approximate surface area is 198 Å². The lowest BCUT2D eigenvalue weighted by molar-refractivity contribution is -0.125. The molecule has 2 heterocycles. The SMILES string of the molecule is CN=C(NCc1ccc(CN2CCCC2)cc1)NC1C2CCOC2C12CCCC2.I. The number of rotatable bonds is 5. The van der Waals surface area contributed by atoms with Crippen molar-refractivity contribution in [1.29, 1.82) is 0 Å². The maximum Gasteiger partial charge on any atom is 0.191 e. The van der Waals surface area contributed by atoms with E-state index in [0.29, 0.717) is 23.5 Å². The molecule has 2 saturated heterocycles. The molecule has 30 heavy (non-hydrogen) atoms. The lowest BCUT2D eigenvalue weighted by atomic mass is 9.54. The van der Waals surface area contributed by atoms with Gasteiger partial charge < -0.3 is 15.4 Å². The zero-order valence-electron chi connectivity index (χ0n) is 18.2. The molecule has 2 aliphatic carbocycles. The second-order valence-electron chi connectivity index (χ2n) is 9.53. The van der Waals surface area contributed by atoms with E-state index >= 15 is 0 Å². The number of hydrogen-bond acceptors (Lipinski definition) is 3. The van der Waals surface area contributed by atoms with E-state index in [9.17, 15) is 0 Å². The summed E-state index contributed by atoms with van der Waals surface area (Å²) in [5.41, 5.74) is 3.09. The van der Waals surface area contributed by atoms with Gasteiger partial charge in [0.1, 0.15) is 0 Å². The molecule has 0 radical (unpaired) electrons. The summed E-state index contributed by atoms with van der Waals surface area (Å²) in [6.07, 6.45) is 9.70. The fourth-order valence-electron chi connectivity index (χ4n) is 6.39. The lowest BCUT2D eigenvalue weighted by Gasteiger charge is -2.57. The molecule has 2 saturated carbocycles. The maximum absolute atomic E-state index is 6.12. The van der Waals surface area contributed by atoms with Gasteiger partial charge in [-0.3, -0.25) is 9.89 Å². The number of hydrogen-bond donors (Lipinski definition) is 2. The first-order valence-corrected chi connectivity index (χ1v) is 11.7. The number of nitrogens with zero attached hydrogens (tertiary/aromatic N) is 2. The van der Waals surface area contributed by atoms with Crippen molar-refractivity contribution in [3.8, 4) is 0 Å². The van der Waals surface area contributed by atoms with Crippen LogP contribution in [0.5, 0.6) is 0 Å². The van der Waals surface area contributed by atoms with Crippen molar-refractivity contribution >= 4 is 29.9 Å². The molecule has 6 heteroatoms. The summed E-state index contributed by atoms with van der Waals surface area (Å²) in [5, 5.41) is 7.34. The Balaban J connectivity index is 0.00000218. The largest absolute Gasteiger partial charge is 0.377 e. The van der Waals surface area contributed by atoms with Gasteiger partial charge in [-0.1, -0.05) is 37.1 Å². The molecule has 5 nitrogen and oxygen atoms in total. The predicted molar refractivity (Wildman–Crippen MR) is 132 cm³/mol. The zero-order chi connectivity index (χ0) is 19.7. The number of aliphatic imine (C=N–C) groups is 1. The van der Waals surface area contributed by atoms with Crippen LogP contribution in [0, 0.1) is 11.3 Å². The van der Waals surface area contributed by atoms with Crippen LogP contribution in [-0.4, -0.2) is 49.7 Å². The van der Waals surface area contributed by atoms with E-state index in [4.69, 9.17) is 4.74 Å².